The van der Waals surface area contributed by atoms with E-state index in [-0.39, 0.29) is 11.8 Å². The molecule has 2 aliphatic rings. The van der Waals surface area contributed by atoms with Crippen LogP contribution in [0.1, 0.15) is 51.4 Å². The van der Waals surface area contributed by atoms with Gasteiger partial charge >= 0.3 is 6.03 Å². The summed E-state index contributed by atoms with van der Waals surface area (Å²) < 4.78 is 24.7. The molecule has 1 saturated carbocycles. The average molecular weight is 331 g/mol. The normalized spacial score (nSPS) is 23.6. The van der Waals surface area contributed by atoms with Gasteiger partial charge in [-0.25, -0.2) is 17.5 Å². The Morgan fingerprint density at radius 2 is 1.68 bits per heavy atom. The van der Waals surface area contributed by atoms with Gasteiger partial charge in [-0.05, 0) is 25.2 Å². The summed E-state index contributed by atoms with van der Waals surface area (Å²) in [4.78, 5) is 11.8. The maximum Gasteiger partial charge on any atom is 0.314 e. The first kappa shape index (κ1) is 17.5. The molecule has 0 unspecified atom stereocenters. The Labute approximate surface area is 134 Å². The molecule has 2 N–H and O–H groups in total. The molecule has 2 rings (SSSR count). The van der Waals surface area contributed by atoms with E-state index in [0.717, 1.165) is 6.54 Å². The highest BCUT2D eigenvalue weighted by Crippen LogP contribution is 2.21. The third-order valence-electron chi connectivity index (χ3n) is 4.63. The molecule has 6 nitrogen and oxygen atoms in total. The van der Waals surface area contributed by atoms with Crippen LogP contribution in [-0.4, -0.2) is 50.7 Å². The van der Waals surface area contributed by atoms with Crippen LogP contribution in [0.5, 0.6) is 0 Å². The number of carbonyl (C=O) groups excluding carboxylic acids is 1. The van der Waals surface area contributed by atoms with E-state index in [2.05, 4.69) is 10.6 Å². The molecule has 1 aliphatic carbocycles. The summed E-state index contributed by atoms with van der Waals surface area (Å²) in [5.41, 5.74) is 0. The van der Waals surface area contributed by atoms with Crippen molar-refractivity contribution >= 4 is 16.1 Å². The fourth-order valence-electron chi connectivity index (χ4n) is 3.28. The smallest absolute Gasteiger partial charge is 0.314 e. The highest BCUT2D eigenvalue weighted by Gasteiger charge is 2.27. The molecule has 0 bridgehead atoms. The minimum atomic E-state index is -3.06. The van der Waals surface area contributed by atoms with Crippen LogP contribution in [0.3, 0.4) is 0 Å². The molecule has 1 heterocycles. The van der Waals surface area contributed by atoms with Gasteiger partial charge in [-0.3, -0.25) is 0 Å². The Bertz CT molecular complexity index is 445. The molecule has 2 fully saturated rings. The summed E-state index contributed by atoms with van der Waals surface area (Å²) in [7, 11) is -3.06. The molecule has 128 valence electrons. The lowest BCUT2D eigenvalue weighted by Gasteiger charge is -2.20. The fraction of sp³-hybridized carbons (Fsp3) is 0.933. The van der Waals surface area contributed by atoms with Crippen molar-refractivity contribution in [1.82, 2.24) is 14.9 Å². The molecule has 0 aromatic heterocycles. The van der Waals surface area contributed by atoms with Gasteiger partial charge in [0.1, 0.15) is 0 Å². The third kappa shape index (κ3) is 5.76. The Kier molecular flexibility index (Phi) is 6.95. The molecule has 7 heteroatoms. The van der Waals surface area contributed by atoms with Crippen molar-refractivity contribution in [1.29, 1.82) is 0 Å². The second kappa shape index (κ2) is 8.72. The van der Waals surface area contributed by atoms with Gasteiger partial charge in [-0.15, -0.1) is 0 Å². The summed E-state index contributed by atoms with van der Waals surface area (Å²) in [6.45, 7) is 2.05. The lowest BCUT2D eigenvalue weighted by Crippen LogP contribution is -2.42. The predicted molar refractivity (Wildman–Crippen MR) is 87.2 cm³/mol. The molecule has 0 spiro atoms. The van der Waals surface area contributed by atoms with Gasteiger partial charge in [0, 0.05) is 26.2 Å². The van der Waals surface area contributed by atoms with Crippen LogP contribution in [0.15, 0.2) is 0 Å². The summed E-state index contributed by atoms with van der Waals surface area (Å²) in [6, 6.07) is -0.182. The van der Waals surface area contributed by atoms with Crippen molar-refractivity contribution in [2.24, 2.45) is 5.92 Å². The van der Waals surface area contributed by atoms with E-state index >= 15 is 0 Å². The van der Waals surface area contributed by atoms with Crippen LogP contribution in [0.4, 0.5) is 4.79 Å². The van der Waals surface area contributed by atoms with Gasteiger partial charge in [0.05, 0.1) is 5.75 Å². The molecule has 0 atom stereocenters. The topological polar surface area (TPSA) is 78.5 Å². The lowest BCUT2D eigenvalue weighted by atomic mass is 9.91. The summed E-state index contributed by atoms with van der Waals surface area (Å²) in [6.07, 6.45) is 9.59. The highest BCUT2D eigenvalue weighted by atomic mass is 32.2. The highest BCUT2D eigenvalue weighted by molar-refractivity contribution is 7.89. The minimum Gasteiger partial charge on any atom is -0.338 e. The predicted octanol–water partition coefficient (Wildman–Crippen LogP) is 1.68. The van der Waals surface area contributed by atoms with E-state index in [4.69, 9.17) is 0 Å². The average Bonchev–Trinajstić information content (AvgIpc) is 2.77. The summed E-state index contributed by atoms with van der Waals surface area (Å²) >= 11 is 0. The molecule has 1 saturated heterocycles. The second-order valence-electron chi connectivity index (χ2n) is 6.42. The van der Waals surface area contributed by atoms with Crippen LogP contribution in [-0.2, 0) is 10.0 Å². The van der Waals surface area contributed by atoms with Gasteiger partial charge in [-0.2, -0.15) is 0 Å². The van der Waals surface area contributed by atoms with Crippen molar-refractivity contribution < 1.29 is 13.2 Å². The quantitative estimate of drug-likeness (QED) is 0.804. The number of hydrogen-bond acceptors (Lipinski definition) is 3. The molecule has 2 amide bonds. The largest absolute Gasteiger partial charge is 0.338 e. The number of nitrogens with one attached hydrogen (secondary N) is 2. The first-order valence-corrected chi connectivity index (χ1v) is 10.2. The molecule has 0 radical (unpaired) electrons. The number of sulfonamides is 1. The molecule has 22 heavy (non-hydrogen) atoms. The van der Waals surface area contributed by atoms with Gasteiger partial charge < -0.3 is 10.6 Å². The standard InChI is InChI=1S/C15H29N3O3S/c19-15(16-9-11-18-10-6-12-22(18,20)21)17-13-14-7-4-2-1-3-5-8-14/h14H,1-13H2,(H2,16,17,19). The molecular formula is C15H29N3O3S. The van der Waals surface area contributed by atoms with E-state index in [1.54, 1.807) is 0 Å². The van der Waals surface area contributed by atoms with E-state index in [0.29, 0.717) is 32.0 Å². The first-order chi connectivity index (χ1) is 10.6. The van der Waals surface area contributed by atoms with Crippen molar-refractivity contribution in [3.63, 3.8) is 0 Å². The maximum absolute atomic E-state index is 11.8. The van der Waals surface area contributed by atoms with Crippen LogP contribution in [0.25, 0.3) is 0 Å². The lowest BCUT2D eigenvalue weighted by molar-refractivity contribution is 0.236. The Balaban J connectivity index is 1.59. The SMILES string of the molecule is O=C(NCCN1CCCS1(=O)=O)NCC1CCCCCCC1. The molecule has 0 aromatic carbocycles. The molecule has 0 aromatic rings. The zero-order valence-corrected chi connectivity index (χ0v) is 14.2. The number of amides is 2. The fourth-order valence-corrected chi connectivity index (χ4v) is 4.81. The summed E-state index contributed by atoms with van der Waals surface area (Å²) in [5, 5.41) is 5.69. The van der Waals surface area contributed by atoms with Crippen LogP contribution < -0.4 is 10.6 Å². The van der Waals surface area contributed by atoms with E-state index in [1.807, 2.05) is 0 Å². The Morgan fingerprint density at radius 3 is 2.32 bits per heavy atom. The first-order valence-electron chi connectivity index (χ1n) is 8.57. The van der Waals surface area contributed by atoms with Crippen LogP contribution >= 0.6 is 0 Å². The number of carbonyl (C=O) groups is 1. The Hall–Kier alpha value is -0.820. The number of nitrogens with zero attached hydrogens (tertiary/aromatic N) is 1. The van der Waals surface area contributed by atoms with E-state index in [9.17, 15) is 13.2 Å². The van der Waals surface area contributed by atoms with E-state index in [1.165, 1.54) is 49.3 Å². The monoisotopic (exact) mass is 331 g/mol. The zero-order valence-electron chi connectivity index (χ0n) is 13.3. The summed E-state index contributed by atoms with van der Waals surface area (Å²) in [5.74, 6) is 0.825. The van der Waals surface area contributed by atoms with Crippen molar-refractivity contribution in [3.05, 3.63) is 0 Å². The van der Waals surface area contributed by atoms with Gasteiger partial charge in [0.25, 0.3) is 0 Å². The number of hydrogen-bond donors (Lipinski definition) is 2. The third-order valence-corrected chi connectivity index (χ3v) is 6.58. The zero-order chi connectivity index (χ0) is 15.8. The van der Waals surface area contributed by atoms with Crippen LogP contribution in [0.2, 0.25) is 0 Å². The van der Waals surface area contributed by atoms with Gasteiger partial charge in [0.2, 0.25) is 10.0 Å². The van der Waals surface area contributed by atoms with Gasteiger partial charge in [-0.1, -0.05) is 32.1 Å². The number of urea groups is 1. The minimum absolute atomic E-state index is 0.182. The van der Waals surface area contributed by atoms with Crippen molar-refractivity contribution in [2.45, 2.75) is 51.4 Å². The molecular weight excluding hydrogens is 302 g/mol. The van der Waals surface area contributed by atoms with Crippen molar-refractivity contribution in [3.8, 4) is 0 Å². The van der Waals surface area contributed by atoms with E-state index < -0.39 is 10.0 Å². The van der Waals surface area contributed by atoms with Gasteiger partial charge in [0.15, 0.2) is 0 Å². The van der Waals surface area contributed by atoms with Crippen LogP contribution in [0, 0.1) is 5.92 Å². The maximum atomic E-state index is 11.8. The second-order valence-corrected chi connectivity index (χ2v) is 8.51. The van der Waals surface area contributed by atoms with Crippen molar-refractivity contribution in [2.75, 3.05) is 31.9 Å². The Morgan fingerprint density at radius 1 is 1.00 bits per heavy atom. The molecule has 1 aliphatic heterocycles. The number of rotatable bonds is 5.